The number of benzene rings is 1. The van der Waals surface area contributed by atoms with Crippen molar-refractivity contribution in [1.29, 1.82) is 5.26 Å². The first-order chi connectivity index (χ1) is 20.6. The van der Waals surface area contributed by atoms with Gasteiger partial charge in [0, 0.05) is 17.0 Å². The number of hydrogen-bond donors (Lipinski definition) is 3. The molecule has 0 fully saturated rings. The minimum atomic E-state index is -4.49. The van der Waals surface area contributed by atoms with Crippen molar-refractivity contribution >= 4 is 23.8 Å². The number of rotatable bonds is 19. The Bertz CT molecular complexity index is 1220. The van der Waals surface area contributed by atoms with Gasteiger partial charge in [-0.1, -0.05) is 73.4 Å². The fourth-order valence-electron chi connectivity index (χ4n) is 4.44. The number of alkyl halides is 1. The van der Waals surface area contributed by atoms with E-state index in [4.69, 9.17) is 15.0 Å². The lowest BCUT2D eigenvalue weighted by Crippen LogP contribution is -2.37. The summed E-state index contributed by atoms with van der Waals surface area (Å²) in [5, 5.41) is 28.5. The van der Waals surface area contributed by atoms with E-state index in [0.717, 1.165) is 36.7 Å². The number of nitrogens with zero attached hydrogens (tertiary/aromatic N) is 7. The van der Waals surface area contributed by atoms with Crippen molar-refractivity contribution in [3.63, 3.8) is 0 Å². The fourth-order valence-corrected chi connectivity index (χ4v) is 5.41. The second-order valence-corrected chi connectivity index (χ2v) is 12.1. The van der Waals surface area contributed by atoms with Crippen LogP contribution in [0.1, 0.15) is 76.2 Å². The van der Waals surface area contributed by atoms with Gasteiger partial charge in [0.15, 0.2) is 0 Å². The molecular formula is C27H39BrF2N7O5P. The van der Waals surface area contributed by atoms with Crippen molar-refractivity contribution in [3.05, 3.63) is 60.7 Å². The summed E-state index contributed by atoms with van der Waals surface area (Å²) < 4.78 is 45.3. The predicted molar refractivity (Wildman–Crippen MR) is 157 cm³/mol. The van der Waals surface area contributed by atoms with E-state index in [2.05, 4.69) is 40.6 Å². The molecule has 0 amide bonds. The Morgan fingerprint density at radius 3 is 1.93 bits per heavy atom. The molecule has 3 aromatic rings. The molecule has 16 heteroatoms. The van der Waals surface area contributed by atoms with E-state index in [0.29, 0.717) is 6.42 Å². The summed E-state index contributed by atoms with van der Waals surface area (Å²) in [6.07, 6.45) is 15.9. The molecule has 0 saturated carbocycles. The molecule has 1 aromatic carbocycles. The molecule has 1 unspecified atom stereocenters. The summed E-state index contributed by atoms with van der Waals surface area (Å²) in [4.78, 5) is 25.1. The highest BCUT2D eigenvalue weighted by molar-refractivity contribution is 9.09. The Labute approximate surface area is 258 Å². The predicted octanol–water partition coefficient (Wildman–Crippen LogP) is 5.41. The molecule has 12 nitrogen and oxygen atoms in total. The van der Waals surface area contributed by atoms with Gasteiger partial charge in [0.05, 0.1) is 31.7 Å². The van der Waals surface area contributed by atoms with E-state index in [9.17, 15) is 18.5 Å². The summed E-state index contributed by atoms with van der Waals surface area (Å²) >= 11 is 3.42. The molecule has 0 spiro atoms. The van der Waals surface area contributed by atoms with Gasteiger partial charge in [0.25, 0.3) is 0 Å². The number of phosphoric acid groups is 1. The van der Waals surface area contributed by atoms with Gasteiger partial charge in [-0.2, -0.15) is 15.5 Å². The van der Waals surface area contributed by atoms with Gasteiger partial charge in [-0.05, 0) is 18.9 Å². The van der Waals surface area contributed by atoms with Crippen LogP contribution >= 0.6 is 23.8 Å². The molecule has 0 aliphatic heterocycles. The van der Waals surface area contributed by atoms with Crippen LogP contribution in [0, 0.1) is 23.0 Å². The third-order valence-electron chi connectivity index (χ3n) is 6.48. The number of hydrogen-bond acceptors (Lipinski definition) is 8. The number of aromatic nitrogens is 6. The highest BCUT2D eigenvalue weighted by Crippen LogP contribution is 2.39. The summed E-state index contributed by atoms with van der Waals surface area (Å²) in [6.45, 7) is -0.148. The lowest BCUT2D eigenvalue weighted by atomic mass is 9.93. The van der Waals surface area contributed by atoms with E-state index in [1.54, 1.807) is 0 Å². The molecule has 0 aliphatic carbocycles. The van der Waals surface area contributed by atoms with Crippen LogP contribution in [-0.2, 0) is 27.8 Å². The number of unbranched alkanes of at least 4 members (excludes halogenated alkanes) is 8. The second kappa shape index (κ2) is 19.6. The van der Waals surface area contributed by atoms with Crippen molar-refractivity contribution in [2.24, 2.45) is 0 Å². The Hall–Kier alpha value is -2.60. The second-order valence-electron chi connectivity index (χ2n) is 10.1. The number of aliphatic hydroxyl groups is 1. The highest BCUT2D eigenvalue weighted by atomic mass is 79.9. The zero-order valence-electron chi connectivity index (χ0n) is 23.9. The van der Waals surface area contributed by atoms with Crippen LogP contribution in [0.2, 0.25) is 0 Å². The SMILES string of the molecule is N#CCC(CCCCCCCCCCCBr)OP(=O)(O)O.OC(Cn1cncn1)(Cn1cncn1)c1ccc(F)cc1F. The maximum absolute atomic E-state index is 14.1. The van der Waals surface area contributed by atoms with Gasteiger partial charge in [-0.25, -0.2) is 32.7 Å². The molecule has 0 radical (unpaired) electrons. The lowest BCUT2D eigenvalue weighted by Gasteiger charge is -2.28. The normalized spacial score (nSPS) is 12.4. The number of nitriles is 1. The smallest absolute Gasteiger partial charge is 0.381 e. The topological polar surface area (TPSA) is 172 Å². The molecule has 0 saturated heterocycles. The van der Waals surface area contributed by atoms with E-state index < -0.39 is 31.2 Å². The quantitative estimate of drug-likeness (QED) is 0.0839. The van der Waals surface area contributed by atoms with Crippen LogP contribution in [0.5, 0.6) is 0 Å². The van der Waals surface area contributed by atoms with Crippen molar-refractivity contribution < 1.29 is 32.8 Å². The first kappa shape index (κ1) is 36.6. The maximum Gasteiger partial charge on any atom is 0.469 e. The fraction of sp³-hybridized carbons (Fsp3) is 0.593. The van der Waals surface area contributed by atoms with E-state index in [1.807, 2.05) is 6.07 Å². The van der Waals surface area contributed by atoms with Crippen molar-refractivity contribution in [2.75, 3.05) is 5.33 Å². The third-order valence-corrected chi connectivity index (χ3v) is 7.61. The van der Waals surface area contributed by atoms with Crippen LogP contribution in [0.15, 0.2) is 43.5 Å². The van der Waals surface area contributed by atoms with Crippen LogP contribution in [0.3, 0.4) is 0 Å². The number of phosphoric ester groups is 1. The molecule has 2 heterocycles. The van der Waals surface area contributed by atoms with Gasteiger partial charge in [0.1, 0.15) is 42.5 Å². The molecule has 3 N–H and O–H groups in total. The standard InChI is InChI=1S/C14H27BrNO4P.C13H12F2N6O/c15-12-9-7-5-3-1-2-4-6-8-10-14(11-13-16)20-21(17,18)19;14-10-1-2-11(12(15)3-10)13(22,4-20-8-16-6-18-20)5-21-9-17-7-19-21/h14H,1-12H2,(H2,17,18,19);1-3,6-9,22H,4-5H2. The van der Waals surface area contributed by atoms with Crippen LogP contribution < -0.4 is 0 Å². The van der Waals surface area contributed by atoms with Crippen molar-refractivity contribution in [2.45, 2.75) is 95.4 Å². The molecule has 0 bridgehead atoms. The van der Waals surface area contributed by atoms with Crippen molar-refractivity contribution in [1.82, 2.24) is 29.5 Å². The first-order valence-corrected chi connectivity index (χ1v) is 16.7. The lowest BCUT2D eigenvalue weighted by molar-refractivity contribution is -0.00856. The summed E-state index contributed by atoms with van der Waals surface area (Å²) in [5.74, 6) is -1.56. The molecule has 3 rings (SSSR count). The largest absolute Gasteiger partial charge is 0.469 e. The van der Waals surface area contributed by atoms with E-state index in [-0.39, 0.29) is 25.1 Å². The molecule has 43 heavy (non-hydrogen) atoms. The zero-order valence-corrected chi connectivity index (χ0v) is 26.4. The molecule has 1 atom stereocenters. The average Bonchev–Trinajstić information content (AvgIpc) is 3.64. The van der Waals surface area contributed by atoms with Gasteiger partial charge in [-0.3, -0.25) is 4.52 Å². The minimum absolute atomic E-state index is 0.0265. The first-order valence-electron chi connectivity index (χ1n) is 14.1. The average molecular weight is 691 g/mol. The van der Waals surface area contributed by atoms with Gasteiger partial charge < -0.3 is 14.9 Å². The van der Waals surface area contributed by atoms with E-state index >= 15 is 0 Å². The molecule has 0 aliphatic rings. The monoisotopic (exact) mass is 689 g/mol. The Morgan fingerprint density at radius 1 is 0.953 bits per heavy atom. The summed E-state index contributed by atoms with van der Waals surface area (Å²) in [6, 6.07) is 4.93. The third kappa shape index (κ3) is 15.1. The number of halogens is 3. The maximum atomic E-state index is 14.1. The summed E-state index contributed by atoms with van der Waals surface area (Å²) in [7, 11) is -4.49. The van der Waals surface area contributed by atoms with Crippen LogP contribution in [0.4, 0.5) is 8.78 Å². The summed E-state index contributed by atoms with van der Waals surface area (Å²) in [5.41, 5.74) is -1.75. The molecular weight excluding hydrogens is 651 g/mol. The Kier molecular flexibility index (Phi) is 16.7. The van der Waals surface area contributed by atoms with Gasteiger partial charge >= 0.3 is 7.82 Å². The van der Waals surface area contributed by atoms with Gasteiger partial charge in [-0.15, -0.1) is 0 Å². The highest BCUT2D eigenvalue weighted by Gasteiger charge is 2.34. The van der Waals surface area contributed by atoms with Crippen LogP contribution in [-0.4, -0.2) is 55.9 Å². The molecule has 238 valence electrons. The molecule has 2 aromatic heterocycles. The van der Waals surface area contributed by atoms with Gasteiger partial charge in [0.2, 0.25) is 0 Å². The Balaban J connectivity index is 0.000000301. The van der Waals surface area contributed by atoms with Crippen molar-refractivity contribution in [3.8, 4) is 6.07 Å². The van der Waals surface area contributed by atoms with Crippen LogP contribution in [0.25, 0.3) is 0 Å². The van der Waals surface area contributed by atoms with E-state index in [1.165, 1.54) is 79.3 Å². The zero-order chi connectivity index (χ0) is 31.6. The minimum Gasteiger partial charge on any atom is -0.381 e. The Morgan fingerprint density at radius 2 is 1.49 bits per heavy atom.